The number of carboxylic acid groups (broad SMARTS) is 3. The van der Waals surface area contributed by atoms with E-state index in [1.165, 1.54) is 6.92 Å². The average Bonchev–Trinajstić information content (AvgIpc) is 2.70. The summed E-state index contributed by atoms with van der Waals surface area (Å²) >= 11 is 0. The van der Waals surface area contributed by atoms with Crippen LogP contribution in [-0.4, -0.2) is 69.1 Å². The molecule has 0 saturated heterocycles. The molecule has 0 aromatic heterocycles. The molecule has 0 fully saturated rings. The number of hydrogen-bond acceptors (Lipinski definition) is 6. The topological polar surface area (TPSA) is 199 Å². The van der Waals surface area contributed by atoms with Gasteiger partial charge < -0.3 is 36.1 Å². The Morgan fingerprint density at radius 3 is 1.84 bits per heavy atom. The normalized spacial score (nSPS) is 14.3. The van der Waals surface area contributed by atoms with E-state index in [0.29, 0.717) is 12.8 Å². The standard InChI is InChI=1S/C20H33N3O9/c1-4-12(10-13(5-2)21-15(25)8-6-11(3)24)17(19(30)31)23-20(32)22-14(18(28)29)7-9-16(26)27/h12-14,17H,4-10H2,1-3H3,(H,21,25)(H,26,27)(H,28,29)(H,30,31)(H2,22,23,32). The van der Waals surface area contributed by atoms with Gasteiger partial charge in [-0.3, -0.25) is 9.59 Å². The van der Waals surface area contributed by atoms with Crippen LogP contribution in [0.15, 0.2) is 0 Å². The van der Waals surface area contributed by atoms with Gasteiger partial charge >= 0.3 is 23.9 Å². The van der Waals surface area contributed by atoms with Crippen LogP contribution in [0.5, 0.6) is 0 Å². The second-order valence-electron chi connectivity index (χ2n) is 7.54. The Kier molecular flexibility index (Phi) is 13.3. The maximum Gasteiger partial charge on any atom is 0.326 e. The Bertz CT molecular complexity index is 696. The number of amides is 3. The fourth-order valence-corrected chi connectivity index (χ4v) is 3.07. The van der Waals surface area contributed by atoms with Crippen molar-refractivity contribution in [1.29, 1.82) is 0 Å². The first-order valence-corrected chi connectivity index (χ1v) is 10.4. The molecule has 32 heavy (non-hydrogen) atoms. The van der Waals surface area contributed by atoms with Gasteiger partial charge in [-0.1, -0.05) is 20.3 Å². The smallest absolute Gasteiger partial charge is 0.326 e. The van der Waals surface area contributed by atoms with Crippen LogP contribution in [0.4, 0.5) is 4.79 Å². The first-order valence-electron chi connectivity index (χ1n) is 10.4. The zero-order chi connectivity index (χ0) is 24.8. The molecule has 12 heteroatoms. The Hall–Kier alpha value is -3.18. The van der Waals surface area contributed by atoms with Gasteiger partial charge in [-0.15, -0.1) is 0 Å². The molecule has 0 rings (SSSR count). The quantitative estimate of drug-likeness (QED) is 0.192. The maximum atomic E-state index is 12.2. The molecule has 3 amide bonds. The van der Waals surface area contributed by atoms with Crippen LogP contribution in [0.1, 0.15) is 65.7 Å². The van der Waals surface area contributed by atoms with Crippen LogP contribution < -0.4 is 16.0 Å². The summed E-state index contributed by atoms with van der Waals surface area (Å²) in [5.74, 6) is -5.05. The largest absolute Gasteiger partial charge is 0.481 e. The van der Waals surface area contributed by atoms with E-state index < -0.39 is 48.4 Å². The molecule has 0 spiro atoms. The number of carbonyl (C=O) groups excluding carboxylic acids is 3. The summed E-state index contributed by atoms with van der Waals surface area (Å²) in [6, 6.07) is -4.29. The number of nitrogens with one attached hydrogen (secondary N) is 3. The van der Waals surface area contributed by atoms with Crippen molar-refractivity contribution in [3.63, 3.8) is 0 Å². The first kappa shape index (κ1) is 28.8. The molecule has 0 aliphatic carbocycles. The highest BCUT2D eigenvalue weighted by Gasteiger charge is 2.32. The Morgan fingerprint density at radius 1 is 0.781 bits per heavy atom. The predicted molar refractivity (Wildman–Crippen MR) is 112 cm³/mol. The zero-order valence-electron chi connectivity index (χ0n) is 18.6. The maximum absolute atomic E-state index is 12.2. The average molecular weight is 459 g/mol. The first-order chi connectivity index (χ1) is 14.9. The van der Waals surface area contributed by atoms with Crippen molar-refractivity contribution in [1.82, 2.24) is 16.0 Å². The molecule has 182 valence electrons. The van der Waals surface area contributed by atoms with Crippen LogP contribution in [0.2, 0.25) is 0 Å². The van der Waals surface area contributed by atoms with Crippen molar-refractivity contribution >= 4 is 35.6 Å². The van der Waals surface area contributed by atoms with Crippen molar-refractivity contribution in [2.45, 2.75) is 83.8 Å². The van der Waals surface area contributed by atoms with E-state index in [1.54, 1.807) is 13.8 Å². The minimum Gasteiger partial charge on any atom is -0.481 e. The van der Waals surface area contributed by atoms with Gasteiger partial charge in [-0.2, -0.15) is 0 Å². The Balaban J connectivity index is 5.14. The molecular formula is C20H33N3O9. The summed E-state index contributed by atoms with van der Waals surface area (Å²) in [6.07, 6.45) is 0.354. The van der Waals surface area contributed by atoms with E-state index in [1.807, 2.05) is 0 Å². The molecule has 0 saturated carbocycles. The molecule has 0 bridgehead atoms. The van der Waals surface area contributed by atoms with Crippen molar-refractivity contribution in [2.75, 3.05) is 0 Å². The molecule has 0 aliphatic heterocycles. The molecule has 4 atom stereocenters. The van der Waals surface area contributed by atoms with E-state index >= 15 is 0 Å². The van der Waals surface area contributed by atoms with E-state index in [4.69, 9.17) is 10.2 Å². The number of rotatable bonds is 16. The van der Waals surface area contributed by atoms with E-state index in [-0.39, 0.29) is 43.4 Å². The summed E-state index contributed by atoms with van der Waals surface area (Å²) < 4.78 is 0. The van der Waals surface area contributed by atoms with E-state index in [2.05, 4.69) is 16.0 Å². The van der Waals surface area contributed by atoms with Gasteiger partial charge in [-0.25, -0.2) is 14.4 Å². The third kappa shape index (κ3) is 11.9. The lowest BCUT2D eigenvalue weighted by Gasteiger charge is -2.28. The minimum absolute atomic E-state index is 0.0263. The molecule has 0 aromatic carbocycles. The van der Waals surface area contributed by atoms with Crippen molar-refractivity contribution in [3.8, 4) is 0 Å². The monoisotopic (exact) mass is 459 g/mol. The van der Waals surface area contributed by atoms with E-state index in [9.17, 15) is 33.9 Å². The lowest BCUT2D eigenvalue weighted by atomic mass is 9.89. The molecule has 0 aromatic rings. The van der Waals surface area contributed by atoms with E-state index in [0.717, 1.165) is 0 Å². The van der Waals surface area contributed by atoms with Gasteiger partial charge in [0, 0.05) is 25.3 Å². The summed E-state index contributed by atoms with van der Waals surface area (Å²) in [5, 5.41) is 34.5. The number of carbonyl (C=O) groups is 6. The van der Waals surface area contributed by atoms with Crippen LogP contribution in [0.25, 0.3) is 0 Å². The highest BCUT2D eigenvalue weighted by Crippen LogP contribution is 2.18. The van der Waals surface area contributed by atoms with Gasteiger partial charge in [0.25, 0.3) is 0 Å². The minimum atomic E-state index is -1.50. The number of carboxylic acids is 3. The highest BCUT2D eigenvalue weighted by atomic mass is 16.4. The summed E-state index contributed by atoms with van der Waals surface area (Å²) in [4.78, 5) is 68.9. The number of aliphatic carboxylic acids is 3. The predicted octanol–water partition coefficient (Wildman–Crippen LogP) is 0.737. The molecule has 6 N–H and O–H groups in total. The van der Waals surface area contributed by atoms with Gasteiger partial charge in [0.15, 0.2) is 0 Å². The highest BCUT2D eigenvalue weighted by molar-refractivity contribution is 5.86. The second-order valence-corrected chi connectivity index (χ2v) is 7.54. The zero-order valence-corrected chi connectivity index (χ0v) is 18.6. The molecule has 4 unspecified atom stereocenters. The fourth-order valence-electron chi connectivity index (χ4n) is 3.07. The fraction of sp³-hybridized carbons (Fsp3) is 0.700. The lowest BCUT2D eigenvalue weighted by Crippen LogP contribution is -2.54. The molecule has 0 aliphatic rings. The number of hydrogen-bond donors (Lipinski definition) is 6. The number of Topliss-reactive ketones (excluding diaryl/α,β-unsaturated/α-hetero) is 1. The molecule has 0 radical (unpaired) electrons. The molecule has 0 heterocycles. The summed E-state index contributed by atoms with van der Waals surface area (Å²) in [5.41, 5.74) is 0. The third-order valence-electron chi connectivity index (χ3n) is 4.95. The van der Waals surface area contributed by atoms with Crippen LogP contribution in [0.3, 0.4) is 0 Å². The second kappa shape index (κ2) is 14.8. The molecule has 12 nitrogen and oxygen atoms in total. The van der Waals surface area contributed by atoms with Gasteiger partial charge in [0.1, 0.15) is 17.9 Å². The summed E-state index contributed by atoms with van der Waals surface area (Å²) in [7, 11) is 0. The van der Waals surface area contributed by atoms with Gasteiger partial charge in [0.05, 0.1) is 0 Å². The number of urea groups is 1. The van der Waals surface area contributed by atoms with Crippen LogP contribution in [-0.2, 0) is 24.0 Å². The lowest BCUT2D eigenvalue weighted by molar-refractivity contribution is -0.141. The van der Waals surface area contributed by atoms with Gasteiger partial charge in [0.2, 0.25) is 5.91 Å². The summed E-state index contributed by atoms with van der Waals surface area (Å²) in [6.45, 7) is 4.90. The van der Waals surface area contributed by atoms with Crippen molar-refractivity contribution in [2.24, 2.45) is 5.92 Å². The van der Waals surface area contributed by atoms with Gasteiger partial charge in [-0.05, 0) is 32.1 Å². The Labute approximate surface area is 186 Å². The van der Waals surface area contributed by atoms with Crippen LogP contribution in [0, 0.1) is 5.92 Å². The Morgan fingerprint density at radius 2 is 1.41 bits per heavy atom. The number of ketones is 1. The van der Waals surface area contributed by atoms with Crippen molar-refractivity contribution in [3.05, 3.63) is 0 Å². The third-order valence-corrected chi connectivity index (χ3v) is 4.95. The van der Waals surface area contributed by atoms with Crippen molar-refractivity contribution < 1.29 is 44.1 Å². The SMILES string of the molecule is CCC(CC(CC)C(NC(=O)NC(CCC(=O)O)C(=O)O)C(=O)O)NC(=O)CCC(C)=O. The molecular weight excluding hydrogens is 426 g/mol. The van der Waals surface area contributed by atoms with Crippen LogP contribution >= 0.6 is 0 Å².